The summed E-state index contributed by atoms with van der Waals surface area (Å²) in [6.45, 7) is 4.01. The molecule has 0 aliphatic carbocycles. The lowest BCUT2D eigenvalue weighted by molar-refractivity contribution is 0.0521. The zero-order chi connectivity index (χ0) is 25.4. The van der Waals surface area contributed by atoms with Gasteiger partial charge in [-0.3, -0.25) is 0 Å². The summed E-state index contributed by atoms with van der Waals surface area (Å²) in [6.07, 6.45) is -0.896. The summed E-state index contributed by atoms with van der Waals surface area (Å²) >= 11 is 0. The van der Waals surface area contributed by atoms with Crippen LogP contribution in [0.2, 0.25) is 0 Å². The van der Waals surface area contributed by atoms with E-state index in [0.29, 0.717) is 17.9 Å². The predicted octanol–water partition coefficient (Wildman–Crippen LogP) is 4.13. The minimum Gasteiger partial charge on any atom is -0.489 e. The molecule has 1 aliphatic rings. The molecule has 0 saturated heterocycles. The second kappa shape index (κ2) is 9.64. The van der Waals surface area contributed by atoms with Crippen LogP contribution >= 0.6 is 0 Å². The number of rotatable bonds is 6. The summed E-state index contributed by atoms with van der Waals surface area (Å²) in [7, 11) is 0.243. The van der Waals surface area contributed by atoms with E-state index >= 15 is 0 Å². The Morgan fingerprint density at radius 1 is 0.971 bits per heavy atom. The number of aliphatic hydroxyl groups is 2. The van der Waals surface area contributed by atoms with Crippen molar-refractivity contribution in [3.63, 3.8) is 0 Å². The number of ether oxygens (including phenoxy) is 1. The number of aliphatic hydroxyl groups excluding tert-OH is 2. The van der Waals surface area contributed by atoms with E-state index < -0.39 is 27.3 Å². The summed E-state index contributed by atoms with van der Waals surface area (Å²) < 4.78 is 32.5. The first-order valence-corrected chi connectivity index (χ1v) is 13.3. The van der Waals surface area contributed by atoms with Gasteiger partial charge in [0, 0.05) is 31.1 Å². The molecule has 3 aromatic rings. The molecule has 0 spiro atoms. The van der Waals surface area contributed by atoms with Crippen LogP contribution in [0.4, 0.5) is 5.69 Å². The smallest absolute Gasteiger partial charge is 0.179 e. The molecule has 0 unspecified atom stereocenters. The third-order valence-corrected chi connectivity index (χ3v) is 8.87. The molecule has 186 valence electrons. The number of hydrogen-bond acceptors (Lipinski definition) is 6. The van der Waals surface area contributed by atoms with Crippen LogP contribution in [0, 0.1) is 5.41 Å². The number of hydrogen-bond donors (Lipinski definition) is 2. The number of fused-ring (bicyclic) bond motifs is 1. The highest BCUT2D eigenvalue weighted by atomic mass is 32.2. The first-order valence-electron chi connectivity index (χ1n) is 11.7. The van der Waals surface area contributed by atoms with Crippen molar-refractivity contribution < 1.29 is 23.4 Å². The van der Waals surface area contributed by atoms with E-state index in [9.17, 15) is 18.6 Å². The van der Waals surface area contributed by atoms with Gasteiger partial charge >= 0.3 is 0 Å². The molecule has 7 heteroatoms. The molecular formula is C28H33NO5S. The number of sulfone groups is 1. The van der Waals surface area contributed by atoms with Gasteiger partial charge in [-0.05, 0) is 52.6 Å². The molecule has 0 saturated carbocycles. The van der Waals surface area contributed by atoms with E-state index in [-0.39, 0.29) is 17.3 Å². The van der Waals surface area contributed by atoms with Crippen molar-refractivity contribution in [2.75, 3.05) is 24.7 Å². The van der Waals surface area contributed by atoms with E-state index in [2.05, 4.69) is 0 Å². The highest BCUT2D eigenvalue weighted by Gasteiger charge is 2.45. The van der Waals surface area contributed by atoms with E-state index in [4.69, 9.17) is 4.74 Å². The average molecular weight is 496 g/mol. The van der Waals surface area contributed by atoms with Crippen LogP contribution < -0.4 is 9.64 Å². The largest absolute Gasteiger partial charge is 0.489 e. The number of benzene rings is 3. The van der Waals surface area contributed by atoms with Gasteiger partial charge in [0.15, 0.2) is 9.84 Å². The van der Waals surface area contributed by atoms with Crippen LogP contribution in [0.1, 0.15) is 42.0 Å². The lowest BCUT2D eigenvalue weighted by atomic mass is 9.75. The molecule has 0 aromatic heterocycles. The fourth-order valence-corrected chi connectivity index (χ4v) is 6.78. The molecule has 3 aromatic carbocycles. The maximum Gasteiger partial charge on any atom is 0.179 e. The van der Waals surface area contributed by atoms with Crippen molar-refractivity contribution in [3.05, 3.63) is 89.0 Å². The zero-order valence-corrected chi connectivity index (χ0v) is 21.4. The second-order valence-corrected chi connectivity index (χ2v) is 12.1. The van der Waals surface area contributed by atoms with Gasteiger partial charge in [0.1, 0.15) is 12.4 Å². The van der Waals surface area contributed by atoms with E-state index in [1.165, 1.54) is 0 Å². The molecule has 6 nitrogen and oxygen atoms in total. The average Bonchev–Trinajstić information content (AvgIpc) is 2.88. The molecule has 2 N–H and O–H groups in total. The van der Waals surface area contributed by atoms with Gasteiger partial charge in [-0.15, -0.1) is 0 Å². The minimum absolute atomic E-state index is 0.00683. The lowest BCUT2D eigenvalue weighted by Crippen LogP contribution is -2.38. The quantitative estimate of drug-likeness (QED) is 0.535. The molecule has 0 radical (unpaired) electrons. The van der Waals surface area contributed by atoms with Gasteiger partial charge in [-0.1, -0.05) is 50.2 Å². The van der Waals surface area contributed by atoms with Gasteiger partial charge < -0.3 is 19.8 Å². The van der Waals surface area contributed by atoms with Crippen LogP contribution in [-0.2, 0) is 23.1 Å². The van der Waals surface area contributed by atoms with Crippen molar-refractivity contribution in [1.29, 1.82) is 0 Å². The van der Waals surface area contributed by atoms with Crippen molar-refractivity contribution in [2.45, 2.75) is 44.0 Å². The summed E-state index contributed by atoms with van der Waals surface area (Å²) in [5.74, 6) is 0.0527. The Hall–Kier alpha value is -2.87. The monoisotopic (exact) mass is 495 g/mol. The number of anilines is 1. The van der Waals surface area contributed by atoms with E-state index in [0.717, 1.165) is 22.4 Å². The molecule has 2 atom stereocenters. The predicted molar refractivity (Wildman–Crippen MR) is 138 cm³/mol. The van der Waals surface area contributed by atoms with Crippen LogP contribution in [0.3, 0.4) is 0 Å². The molecule has 1 aliphatic heterocycles. The van der Waals surface area contributed by atoms with Crippen molar-refractivity contribution >= 4 is 15.5 Å². The zero-order valence-electron chi connectivity index (χ0n) is 20.6. The number of nitrogens with zero attached hydrogens (tertiary/aromatic N) is 1. The topological polar surface area (TPSA) is 87.1 Å². The summed E-state index contributed by atoms with van der Waals surface area (Å²) in [5, 5.41) is 20.7. The first kappa shape index (κ1) is 25.2. The third-order valence-electron chi connectivity index (χ3n) is 6.71. The Balaban J connectivity index is 1.68. The Morgan fingerprint density at radius 3 is 2.20 bits per heavy atom. The van der Waals surface area contributed by atoms with E-state index in [1.807, 2.05) is 79.7 Å². The second-order valence-electron chi connectivity index (χ2n) is 10.1. The third kappa shape index (κ3) is 5.22. The summed E-state index contributed by atoms with van der Waals surface area (Å²) in [5.41, 5.74) is 3.33. The molecule has 1 heterocycles. The normalized spacial score (nSPS) is 20.5. The standard InChI is InChI=1S/C28H33NO5S/c1-28(2)18-35(32,33)25-14-11-22(29(3)4)15-24(25)26(27(28)31)21-9-12-23(13-10-21)34-17-20-7-5-19(16-30)6-8-20/h5-15,26-27,30-31H,16-18H2,1-4H3/t26-,27-/m0/s1. The SMILES string of the molecule is CN(C)c1ccc2c(c1)[C@H](c1ccc(OCc3ccc(CO)cc3)cc1)[C@H](O)C(C)(C)CS2(=O)=O. The van der Waals surface area contributed by atoms with Crippen LogP contribution in [0.15, 0.2) is 71.6 Å². The maximum absolute atomic E-state index is 13.3. The summed E-state index contributed by atoms with van der Waals surface area (Å²) in [6, 6.07) is 20.4. The van der Waals surface area contributed by atoms with Gasteiger partial charge in [-0.2, -0.15) is 0 Å². The van der Waals surface area contributed by atoms with Crippen molar-refractivity contribution in [1.82, 2.24) is 0 Å². The molecular weight excluding hydrogens is 462 g/mol. The van der Waals surface area contributed by atoms with Crippen molar-refractivity contribution in [2.24, 2.45) is 5.41 Å². The Kier molecular flexibility index (Phi) is 6.95. The molecule has 0 fully saturated rings. The fourth-order valence-electron chi connectivity index (χ4n) is 4.66. The van der Waals surface area contributed by atoms with Gasteiger partial charge in [-0.25, -0.2) is 8.42 Å². The van der Waals surface area contributed by atoms with Crippen LogP contribution in [0.5, 0.6) is 5.75 Å². The van der Waals surface area contributed by atoms with Gasteiger partial charge in [0.25, 0.3) is 0 Å². The molecule has 4 rings (SSSR count). The fraction of sp³-hybridized carbons (Fsp3) is 0.357. The first-order chi connectivity index (χ1) is 16.5. The Morgan fingerprint density at radius 2 is 1.60 bits per heavy atom. The highest BCUT2D eigenvalue weighted by molar-refractivity contribution is 7.91. The lowest BCUT2D eigenvalue weighted by Gasteiger charge is -2.33. The molecule has 0 amide bonds. The van der Waals surface area contributed by atoms with Crippen LogP contribution in [0.25, 0.3) is 0 Å². The van der Waals surface area contributed by atoms with Gasteiger partial charge in [0.2, 0.25) is 0 Å². The van der Waals surface area contributed by atoms with Crippen LogP contribution in [-0.4, -0.2) is 44.6 Å². The Labute approximate surface area is 207 Å². The highest BCUT2D eigenvalue weighted by Crippen LogP contribution is 2.45. The maximum atomic E-state index is 13.3. The van der Waals surface area contributed by atoms with E-state index in [1.54, 1.807) is 19.9 Å². The Bertz CT molecular complexity index is 1280. The molecule has 35 heavy (non-hydrogen) atoms. The van der Waals surface area contributed by atoms with Gasteiger partial charge in [0.05, 0.1) is 23.4 Å². The minimum atomic E-state index is -3.57. The van der Waals surface area contributed by atoms with Crippen molar-refractivity contribution in [3.8, 4) is 5.75 Å². The molecule has 0 bridgehead atoms. The summed E-state index contributed by atoms with van der Waals surface area (Å²) in [4.78, 5) is 2.21.